The van der Waals surface area contributed by atoms with E-state index in [0.29, 0.717) is 33.5 Å². The molecule has 0 spiro atoms. The van der Waals surface area contributed by atoms with Gasteiger partial charge in [0.1, 0.15) is 17.0 Å². The molecule has 1 aliphatic heterocycles. The minimum atomic E-state index is -0.451. The van der Waals surface area contributed by atoms with Gasteiger partial charge in [0.25, 0.3) is 5.91 Å². The highest BCUT2D eigenvalue weighted by Crippen LogP contribution is 2.36. The van der Waals surface area contributed by atoms with Gasteiger partial charge in [-0.3, -0.25) is 10.1 Å². The summed E-state index contributed by atoms with van der Waals surface area (Å²) >= 11 is 10.5. The number of halogens is 1. The molecule has 1 amide bonds. The molecule has 0 bridgehead atoms. The molecule has 3 rings (SSSR count). The Labute approximate surface area is 174 Å². The van der Waals surface area contributed by atoms with Crippen molar-refractivity contribution in [3.8, 4) is 11.5 Å². The maximum absolute atomic E-state index is 13.1. The second-order valence-corrected chi connectivity index (χ2v) is 7.21. The van der Waals surface area contributed by atoms with Crippen molar-refractivity contribution in [3.05, 3.63) is 64.3 Å². The van der Waals surface area contributed by atoms with E-state index in [1.165, 1.54) is 0 Å². The van der Waals surface area contributed by atoms with Crippen molar-refractivity contribution in [2.45, 2.75) is 18.5 Å². The fraction of sp³-hybridized carbons (Fsp3) is 0.250. The number of carbonyl (C=O) groups is 1. The summed E-state index contributed by atoms with van der Waals surface area (Å²) in [6.45, 7) is 1.84. The normalized spacial score (nSPS) is 19.0. The Hall–Kier alpha value is -2.35. The number of hydrogen-bond donors (Lipinski definition) is 4. The van der Waals surface area contributed by atoms with Crippen molar-refractivity contribution in [2.75, 3.05) is 19.5 Å². The third-order valence-electron chi connectivity index (χ3n) is 4.45. The van der Waals surface area contributed by atoms with Gasteiger partial charge in [-0.25, -0.2) is 0 Å². The molecule has 0 aliphatic carbocycles. The van der Waals surface area contributed by atoms with Crippen molar-refractivity contribution in [1.82, 2.24) is 10.6 Å². The van der Waals surface area contributed by atoms with Crippen molar-refractivity contribution >= 4 is 35.8 Å². The highest BCUT2D eigenvalue weighted by molar-refractivity contribution is 7.80. The summed E-state index contributed by atoms with van der Waals surface area (Å²) in [5.74, 6) is 1.05. The Morgan fingerprint density at radius 2 is 1.96 bits per heavy atom. The van der Waals surface area contributed by atoms with Crippen molar-refractivity contribution in [3.63, 3.8) is 0 Å². The predicted octanol–water partition coefficient (Wildman–Crippen LogP) is 3.72. The minimum absolute atomic E-state index is 0.255. The minimum Gasteiger partial charge on any atom is -0.497 e. The molecule has 0 radical (unpaired) electrons. The Morgan fingerprint density at radius 1 is 1.18 bits per heavy atom. The van der Waals surface area contributed by atoms with Crippen LogP contribution in [0.2, 0.25) is 5.02 Å². The van der Waals surface area contributed by atoms with Crippen molar-refractivity contribution in [2.24, 2.45) is 0 Å². The number of allylic oxidation sites excluding steroid dienone is 1. The van der Waals surface area contributed by atoms with Crippen LogP contribution in [0.15, 0.2) is 53.7 Å². The van der Waals surface area contributed by atoms with E-state index in [-0.39, 0.29) is 11.4 Å². The lowest BCUT2D eigenvalue weighted by molar-refractivity contribution is -0.113. The van der Waals surface area contributed by atoms with Crippen molar-refractivity contribution in [1.29, 1.82) is 0 Å². The van der Waals surface area contributed by atoms with E-state index in [2.05, 4.69) is 28.6 Å². The summed E-state index contributed by atoms with van der Waals surface area (Å²) in [5.41, 5.74) is 2.30. The molecule has 6 nitrogen and oxygen atoms in total. The molecule has 2 unspecified atom stereocenters. The zero-order valence-electron chi connectivity index (χ0n) is 15.7. The number of anilines is 1. The Morgan fingerprint density at radius 3 is 2.64 bits per heavy atom. The summed E-state index contributed by atoms with van der Waals surface area (Å²) < 4.78 is 10.9. The second-order valence-electron chi connectivity index (χ2n) is 6.26. The zero-order chi connectivity index (χ0) is 20.3. The first-order valence-electron chi connectivity index (χ1n) is 8.63. The average Bonchev–Trinajstić information content (AvgIpc) is 2.66. The smallest absolute Gasteiger partial charge is 0.255 e. The van der Waals surface area contributed by atoms with Crippen LogP contribution in [0, 0.1) is 0 Å². The van der Waals surface area contributed by atoms with Crippen LogP contribution in [0.3, 0.4) is 0 Å². The van der Waals surface area contributed by atoms with Gasteiger partial charge in [0.2, 0.25) is 0 Å². The van der Waals surface area contributed by atoms with Gasteiger partial charge in [-0.1, -0.05) is 17.7 Å². The molecule has 0 saturated heterocycles. The van der Waals surface area contributed by atoms with Crippen LogP contribution in [0.5, 0.6) is 11.5 Å². The lowest BCUT2D eigenvalue weighted by atomic mass is 9.94. The molecule has 3 N–H and O–H groups in total. The number of hydrogen-bond acceptors (Lipinski definition) is 6. The lowest BCUT2D eigenvalue weighted by Crippen LogP contribution is -2.47. The molecule has 1 aliphatic rings. The molecule has 1 heterocycles. The highest BCUT2D eigenvalue weighted by Gasteiger charge is 2.33. The first-order chi connectivity index (χ1) is 13.4. The van der Waals surface area contributed by atoms with Gasteiger partial charge in [0.05, 0.1) is 25.8 Å². The molecule has 0 fully saturated rings. The largest absolute Gasteiger partial charge is 0.497 e. The van der Waals surface area contributed by atoms with Crippen LogP contribution < -0.4 is 25.4 Å². The van der Waals surface area contributed by atoms with Crippen molar-refractivity contribution < 1.29 is 14.3 Å². The predicted molar refractivity (Wildman–Crippen MR) is 114 cm³/mol. The van der Waals surface area contributed by atoms with Crippen LogP contribution in [-0.4, -0.2) is 25.6 Å². The number of methoxy groups -OCH3 is 2. The molecule has 148 valence electrons. The first kappa shape index (κ1) is 20.4. The third-order valence-corrected chi connectivity index (χ3v) is 4.96. The Kier molecular flexibility index (Phi) is 6.39. The van der Waals surface area contributed by atoms with Crippen LogP contribution >= 0.6 is 24.2 Å². The van der Waals surface area contributed by atoms with Gasteiger partial charge < -0.3 is 20.1 Å². The molecule has 2 atom stereocenters. The quantitative estimate of drug-likeness (QED) is 0.556. The molecule has 0 saturated carbocycles. The summed E-state index contributed by atoms with van der Waals surface area (Å²) in [5, 5.41) is 9.89. The highest BCUT2D eigenvalue weighted by atomic mass is 35.5. The van der Waals surface area contributed by atoms with Crippen LogP contribution in [0.1, 0.15) is 18.5 Å². The molecular formula is C20H22ClN3O3S. The third kappa shape index (κ3) is 4.38. The maximum Gasteiger partial charge on any atom is 0.255 e. The number of amides is 1. The first-order valence-corrected chi connectivity index (χ1v) is 9.52. The van der Waals surface area contributed by atoms with Gasteiger partial charge in [-0.15, -0.1) is 12.6 Å². The van der Waals surface area contributed by atoms with Gasteiger partial charge in [0, 0.05) is 22.0 Å². The molecule has 8 heteroatoms. The monoisotopic (exact) mass is 419 g/mol. The van der Waals surface area contributed by atoms with Gasteiger partial charge >= 0.3 is 0 Å². The summed E-state index contributed by atoms with van der Waals surface area (Å²) in [6, 6.07) is 12.0. The number of thiol groups is 1. The van der Waals surface area contributed by atoms with E-state index in [0.717, 1.165) is 5.56 Å². The van der Waals surface area contributed by atoms with E-state index >= 15 is 0 Å². The Bertz CT molecular complexity index is 919. The number of rotatable bonds is 5. The topological polar surface area (TPSA) is 71.6 Å². The van der Waals surface area contributed by atoms with Crippen LogP contribution in [-0.2, 0) is 4.79 Å². The van der Waals surface area contributed by atoms with Crippen LogP contribution in [0.4, 0.5) is 5.69 Å². The average molecular weight is 420 g/mol. The van der Waals surface area contributed by atoms with E-state index in [4.69, 9.17) is 21.1 Å². The number of carbonyl (C=O) groups excluding carboxylic acids is 1. The number of nitrogens with one attached hydrogen (secondary N) is 3. The summed E-state index contributed by atoms with van der Waals surface area (Å²) in [4.78, 5) is 13.1. The van der Waals surface area contributed by atoms with Gasteiger partial charge in [0.15, 0.2) is 0 Å². The molecular weight excluding hydrogens is 398 g/mol. The number of benzene rings is 2. The lowest BCUT2D eigenvalue weighted by Gasteiger charge is -2.34. The van der Waals surface area contributed by atoms with E-state index in [1.54, 1.807) is 38.5 Å². The molecule has 0 aromatic heterocycles. The summed E-state index contributed by atoms with van der Waals surface area (Å²) in [6.07, 6.45) is 0. The van der Waals surface area contributed by atoms with Gasteiger partial charge in [-0.2, -0.15) is 0 Å². The zero-order valence-corrected chi connectivity index (χ0v) is 17.4. The molecule has 2 aromatic carbocycles. The number of ether oxygens (including phenoxy) is 2. The molecule has 28 heavy (non-hydrogen) atoms. The van der Waals surface area contributed by atoms with Gasteiger partial charge in [-0.05, 0) is 43.3 Å². The van der Waals surface area contributed by atoms with E-state index < -0.39 is 6.04 Å². The summed E-state index contributed by atoms with van der Waals surface area (Å²) in [7, 11) is 3.18. The fourth-order valence-corrected chi connectivity index (χ4v) is 3.69. The Balaban J connectivity index is 2.02. The van der Waals surface area contributed by atoms with E-state index in [9.17, 15) is 4.79 Å². The molecule has 2 aromatic rings. The van der Waals surface area contributed by atoms with Crippen LogP contribution in [0.25, 0.3) is 0 Å². The fourth-order valence-electron chi connectivity index (χ4n) is 3.16. The SMILES string of the molecule is COc1ccc(OC)c(C2NC(S)NC(C)=C2C(=O)Nc2cccc(Cl)c2)c1. The maximum atomic E-state index is 13.1. The van der Waals surface area contributed by atoms with E-state index in [1.807, 2.05) is 25.1 Å². The standard InChI is InChI=1S/C20H22ClN3O3S/c1-11-17(19(25)23-13-6-4-5-12(21)9-13)18(24-20(28)22-11)15-10-14(26-2)7-8-16(15)27-3/h4-10,18,20,22,24,28H,1-3H3,(H,23,25). The second kappa shape index (κ2) is 8.77.